The van der Waals surface area contributed by atoms with Crippen molar-refractivity contribution in [2.45, 2.75) is 26.9 Å². The summed E-state index contributed by atoms with van der Waals surface area (Å²) >= 11 is 0. The largest absolute Gasteiger partial charge is 0.493 e. The van der Waals surface area contributed by atoms with E-state index >= 15 is 0 Å². The fourth-order valence-electron chi connectivity index (χ4n) is 3.65. The maximum Gasteiger partial charge on any atom is 0.230 e. The number of hydrogen-bond acceptors (Lipinski definition) is 4. The summed E-state index contributed by atoms with van der Waals surface area (Å²) in [7, 11) is 2.11. The van der Waals surface area contributed by atoms with Crippen LogP contribution < -0.4 is 4.74 Å². The summed E-state index contributed by atoms with van der Waals surface area (Å²) in [5.41, 5.74) is 3.16. The van der Waals surface area contributed by atoms with Crippen molar-refractivity contribution in [1.82, 2.24) is 9.88 Å². The van der Waals surface area contributed by atoms with Crippen LogP contribution in [-0.4, -0.2) is 23.5 Å². The lowest BCUT2D eigenvalue weighted by molar-refractivity contribution is 0.314. The summed E-state index contributed by atoms with van der Waals surface area (Å²) < 4.78 is 11.7. The second kappa shape index (κ2) is 8.50. The van der Waals surface area contributed by atoms with E-state index in [1.165, 1.54) is 16.3 Å². The fourth-order valence-corrected chi connectivity index (χ4v) is 3.65. The van der Waals surface area contributed by atoms with Crippen LogP contribution >= 0.6 is 0 Å². The number of aryl methyl sites for hydroxylation is 1. The van der Waals surface area contributed by atoms with Crippen molar-refractivity contribution in [3.8, 4) is 17.2 Å². The van der Waals surface area contributed by atoms with E-state index in [1.54, 1.807) is 0 Å². The van der Waals surface area contributed by atoms with Crippen LogP contribution in [0.15, 0.2) is 71.1 Å². The first-order chi connectivity index (χ1) is 14.2. The molecule has 0 spiro atoms. The van der Waals surface area contributed by atoms with Crippen LogP contribution in [-0.2, 0) is 13.1 Å². The number of benzene rings is 3. The topological polar surface area (TPSA) is 38.5 Å². The Morgan fingerprint density at radius 3 is 2.55 bits per heavy atom. The van der Waals surface area contributed by atoms with Crippen LogP contribution in [0.2, 0.25) is 0 Å². The molecule has 0 N–H and O–H groups in total. The first-order valence-electron chi connectivity index (χ1n) is 9.99. The molecule has 0 aliphatic rings. The molecule has 0 fully saturated rings. The molecule has 4 aromatic rings. The zero-order valence-electron chi connectivity index (χ0n) is 17.2. The molecule has 0 radical (unpaired) electrons. The van der Waals surface area contributed by atoms with Gasteiger partial charge in [0, 0.05) is 13.1 Å². The smallest absolute Gasteiger partial charge is 0.230 e. The Kier molecular flexibility index (Phi) is 5.63. The molecule has 3 aromatic carbocycles. The van der Waals surface area contributed by atoms with E-state index < -0.39 is 0 Å². The number of aromatic nitrogens is 1. The summed E-state index contributed by atoms with van der Waals surface area (Å²) in [5, 5.41) is 2.57. The second-order valence-corrected chi connectivity index (χ2v) is 7.26. The van der Waals surface area contributed by atoms with Gasteiger partial charge in [0.05, 0.1) is 17.9 Å². The third-order valence-corrected chi connectivity index (χ3v) is 5.05. The van der Waals surface area contributed by atoms with Crippen molar-refractivity contribution in [2.75, 3.05) is 13.7 Å². The van der Waals surface area contributed by atoms with E-state index in [9.17, 15) is 0 Å². The van der Waals surface area contributed by atoms with E-state index in [2.05, 4.69) is 54.4 Å². The predicted octanol–water partition coefficient (Wildman–Crippen LogP) is 5.83. The number of ether oxygens (including phenoxy) is 1. The van der Waals surface area contributed by atoms with E-state index in [-0.39, 0.29) is 0 Å². The molecule has 0 aliphatic carbocycles. The molecule has 0 unspecified atom stereocenters. The number of oxazole rings is 1. The van der Waals surface area contributed by atoms with Crippen molar-refractivity contribution >= 4 is 10.8 Å². The molecular formula is C25H26N2O2. The summed E-state index contributed by atoms with van der Waals surface area (Å²) in [6.07, 6.45) is 0. The van der Waals surface area contributed by atoms with Crippen molar-refractivity contribution in [1.29, 1.82) is 0 Å². The third kappa shape index (κ3) is 4.17. The molecule has 29 heavy (non-hydrogen) atoms. The van der Waals surface area contributed by atoms with Crippen LogP contribution in [0.4, 0.5) is 0 Å². The minimum absolute atomic E-state index is 0.608. The Balaban J connectivity index is 1.54. The highest BCUT2D eigenvalue weighted by atomic mass is 16.5. The zero-order valence-corrected chi connectivity index (χ0v) is 17.2. The fraction of sp³-hybridized carbons (Fsp3) is 0.240. The predicted molar refractivity (Wildman–Crippen MR) is 117 cm³/mol. The Morgan fingerprint density at radius 1 is 0.931 bits per heavy atom. The average molecular weight is 386 g/mol. The van der Waals surface area contributed by atoms with E-state index in [1.807, 2.05) is 38.1 Å². The number of fused-ring (bicyclic) bond motifs is 1. The Morgan fingerprint density at radius 2 is 1.69 bits per heavy atom. The Labute approximate surface area is 171 Å². The average Bonchev–Trinajstić information content (AvgIpc) is 3.09. The normalized spacial score (nSPS) is 11.3. The Bertz CT molecular complexity index is 1110. The maximum absolute atomic E-state index is 5.99. The minimum Gasteiger partial charge on any atom is -0.493 e. The van der Waals surface area contributed by atoms with Crippen LogP contribution in [0.1, 0.15) is 23.9 Å². The summed E-state index contributed by atoms with van der Waals surface area (Å²) in [6.45, 7) is 6.12. The molecule has 0 bridgehead atoms. The molecule has 4 heteroatoms. The summed E-state index contributed by atoms with van der Waals surface area (Å²) in [4.78, 5) is 7.05. The summed E-state index contributed by atoms with van der Waals surface area (Å²) in [5.74, 6) is 2.25. The molecule has 0 amide bonds. The van der Waals surface area contributed by atoms with Crippen LogP contribution in [0.25, 0.3) is 22.2 Å². The molecule has 0 saturated heterocycles. The standard InChI is InChI=1S/C25H26N2O2/c1-4-28-24-15-8-7-14-22(24)25-26-23(18(2)29-25)17-27(3)16-20-12-9-11-19-10-5-6-13-21(19)20/h5-15H,4,16-17H2,1-3H3. The van der Waals surface area contributed by atoms with Gasteiger partial charge in [0.1, 0.15) is 11.5 Å². The monoisotopic (exact) mass is 386 g/mol. The van der Waals surface area contributed by atoms with Crippen molar-refractivity contribution in [3.05, 3.63) is 83.7 Å². The Hall–Kier alpha value is -3.11. The zero-order chi connectivity index (χ0) is 20.2. The quantitative estimate of drug-likeness (QED) is 0.400. The molecule has 4 rings (SSSR count). The van der Waals surface area contributed by atoms with E-state index in [4.69, 9.17) is 14.1 Å². The van der Waals surface area contributed by atoms with Crippen molar-refractivity contribution in [3.63, 3.8) is 0 Å². The molecule has 148 valence electrons. The SMILES string of the molecule is CCOc1ccccc1-c1nc(CN(C)Cc2cccc3ccccc23)c(C)o1. The van der Waals surface area contributed by atoms with E-state index in [0.717, 1.165) is 35.9 Å². The summed E-state index contributed by atoms with van der Waals surface area (Å²) in [6, 6.07) is 22.9. The second-order valence-electron chi connectivity index (χ2n) is 7.26. The van der Waals surface area contributed by atoms with Gasteiger partial charge in [0.15, 0.2) is 0 Å². The molecular weight excluding hydrogens is 360 g/mol. The van der Waals surface area contributed by atoms with Gasteiger partial charge in [-0.1, -0.05) is 54.6 Å². The van der Waals surface area contributed by atoms with Crippen LogP contribution in [0.5, 0.6) is 5.75 Å². The van der Waals surface area contributed by atoms with Crippen LogP contribution in [0.3, 0.4) is 0 Å². The van der Waals surface area contributed by atoms with Gasteiger partial charge in [-0.25, -0.2) is 4.98 Å². The molecule has 1 heterocycles. The van der Waals surface area contributed by atoms with Gasteiger partial charge in [-0.3, -0.25) is 4.90 Å². The van der Waals surface area contributed by atoms with Crippen molar-refractivity contribution in [2.24, 2.45) is 0 Å². The van der Waals surface area contributed by atoms with Gasteiger partial charge in [0.2, 0.25) is 5.89 Å². The van der Waals surface area contributed by atoms with Gasteiger partial charge < -0.3 is 9.15 Å². The number of nitrogens with zero attached hydrogens (tertiary/aromatic N) is 2. The minimum atomic E-state index is 0.608. The van der Waals surface area contributed by atoms with Crippen LogP contribution in [0, 0.1) is 6.92 Å². The van der Waals surface area contributed by atoms with Gasteiger partial charge in [0.25, 0.3) is 0 Å². The lowest BCUT2D eigenvalue weighted by atomic mass is 10.0. The number of hydrogen-bond donors (Lipinski definition) is 0. The van der Waals surface area contributed by atoms with Gasteiger partial charge in [-0.15, -0.1) is 0 Å². The van der Waals surface area contributed by atoms with Gasteiger partial charge in [-0.2, -0.15) is 0 Å². The highest BCUT2D eigenvalue weighted by molar-refractivity contribution is 5.85. The first-order valence-corrected chi connectivity index (χ1v) is 9.99. The van der Waals surface area contributed by atoms with Crippen molar-refractivity contribution < 1.29 is 9.15 Å². The highest BCUT2D eigenvalue weighted by Crippen LogP contribution is 2.31. The lowest BCUT2D eigenvalue weighted by Gasteiger charge is -2.17. The van der Waals surface area contributed by atoms with E-state index in [0.29, 0.717) is 12.5 Å². The highest BCUT2D eigenvalue weighted by Gasteiger charge is 2.16. The lowest BCUT2D eigenvalue weighted by Crippen LogP contribution is -2.18. The molecule has 0 aliphatic heterocycles. The number of rotatable bonds is 7. The third-order valence-electron chi connectivity index (χ3n) is 5.05. The van der Waals surface area contributed by atoms with Gasteiger partial charge >= 0.3 is 0 Å². The molecule has 4 nitrogen and oxygen atoms in total. The first kappa shape index (κ1) is 19.2. The molecule has 1 aromatic heterocycles. The molecule has 0 atom stereocenters. The van der Waals surface area contributed by atoms with Gasteiger partial charge in [-0.05, 0) is 49.4 Å². The maximum atomic E-state index is 5.99. The number of para-hydroxylation sites is 1. The molecule has 0 saturated carbocycles.